The van der Waals surface area contributed by atoms with E-state index in [4.69, 9.17) is 23.2 Å². The molecule has 1 saturated heterocycles. The van der Waals surface area contributed by atoms with Gasteiger partial charge in [-0.05, 0) is 55.8 Å². The van der Waals surface area contributed by atoms with E-state index in [-0.39, 0.29) is 23.8 Å². The van der Waals surface area contributed by atoms with Crippen LogP contribution in [0.3, 0.4) is 0 Å². The standard InChI is InChI=1S/C20H17Cl2N3O4.C4H7NO/c1-10(26)23-13-2-4-14(5-3-13)24-18(27)7-11-6-17(20(28)29)25-16-9-12(21)8-15(22)19(11)16;1-4(2)3(6)5-4/h2-5,7-9,17,25H,6H2,1H3,(H,23,26)(H,24,27)(H,28,29);1-2H3,(H,5,6). The molecule has 2 aromatic rings. The van der Waals surface area contributed by atoms with Crippen LogP contribution >= 0.6 is 23.2 Å². The van der Waals surface area contributed by atoms with Crippen molar-refractivity contribution in [3.63, 3.8) is 0 Å². The summed E-state index contributed by atoms with van der Waals surface area (Å²) in [6.45, 7) is 5.12. The Hall–Kier alpha value is -3.56. The minimum Gasteiger partial charge on any atom is -0.480 e. The first-order chi connectivity index (χ1) is 16.4. The second-order valence-corrected chi connectivity index (χ2v) is 9.39. The lowest BCUT2D eigenvalue weighted by Gasteiger charge is -2.27. The van der Waals surface area contributed by atoms with Crippen molar-refractivity contribution in [2.45, 2.75) is 38.8 Å². The number of carboxylic acid groups (broad SMARTS) is 1. The third-order valence-corrected chi connectivity index (χ3v) is 5.65. The van der Waals surface area contributed by atoms with Crippen LogP contribution in [0.5, 0.6) is 0 Å². The van der Waals surface area contributed by atoms with Gasteiger partial charge in [0.25, 0.3) is 0 Å². The molecule has 0 saturated carbocycles. The normalized spacial score (nSPS) is 18.1. The molecule has 11 heteroatoms. The van der Waals surface area contributed by atoms with Crippen LogP contribution in [0.4, 0.5) is 17.1 Å². The number of aliphatic carboxylic acids is 1. The Kier molecular flexibility index (Phi) is 7.72. The molecule has 5 N–H and O–H groups in total. The lowest BCUT2D eigenvalue weighted by Crippen LogP contribution is -2.33. The van der Waals surface area contributed by atoms with E-state index in [9.17, 15) is 24.3 Å². The number of hydrogen-bond acceptors (Lipinski definition) is 5. The molecular weight excluding hydrogens is 495 g/mol. The smallest absolute Gasteiger partial charge is 0.326 e. The van der Waals surface area contributed by atoms with E-state index in [2.05, 4.69) is 21.3 Å². The van der Waals surface area contributed by atoms with Gasteiger partial charge in [-0.15, -0.1) is 0 Å². The van der Waals surface area contributed by atoms with E-state index < -0.39 is 17.9 Å². The first-order valence-electron chi connectivity index (χ1n) is 10.6. The quantitative estimate of drug-likeness (QED) is 0.303. The van der Waals surface area contributed by atoms with Crippen LogP contribution in [0.15, 0.2) is 42.5 Å². The molecular formula is C24H24Cl2N4O5. The SMILES string of the molecule is CC(=O)Nc1ccc(NC(=O)C=C2CC(C(=O)O)Nc3cc(Cl)cc(Cl)c32)cc1.CC1(C)NC1=O. The minimum absolute atomic E-state index is 0.0819. The van der Waals surface area contributed by atoms with Crippen molar-refractivity contribution >= 4 is 69.5 Å². The lowest BCUT2D eigenvalue weighted by molar-refractivity contribution is -0.137. The third kappa shape index (κ3) is 6.97. The fraction of sp³-hybridized carbons (Fsp3) is 0.250. The number of nitrogens with one attached hydrogen (secondary N) is 4. The number of carboxylic acids is 1. The highest BCUT2D eigenvalue weighted by Gasteiger charge is 2.43. The molecule has 4 rings (SSSR count). The Morgan fingerprint density at radius 1 is 1.09 bits per heavy atom. The minimum atomic E-state index is -1.05. The van der Waals surface area contributed by atoms with Gasteiger partial charge >= 0.3 is 5.97 Å². The van der Waals surface area contributed by atoms with Crippen LogP contribution in [-0.4, -0.2) is 40.4 Å². The van der Waals surface area contributed by atoms with E-state index in [1.807, 2.05) is 13.8 Å². The molecule has 0 bridgehead atoms. The number of hydrogen-bond donors (Lipinski definition) is 5. The van der Waals surface area contributed by atoms with Crippen molar-refractivity contribution in [2.24, 2.45) is 0 Å². The molecule has 0 aliphatic carbocycles. The summed E-state index contributed by atoms with van der Waals surface area (Å²) in [6, 6.07) is 8.80. The lowest BCUT2D eigenvalue weighted by atomic mass is 9.92. The van der Waals surface area contributed by atoms with Gasteiger partial charge < -0.3 is 26.4 Å². The number of benzene rings is 2. The van der Waals surface area contributed by atoms with Crippen molar-refractivity contribution < 1.29 is 24.3 Å². The summed E-state index contributed by atoms with van der Waals surface area (Å²) < 4.78 is 0. The van der Waals surface area contributed by atoms with E-state index in [1.165, 1.54) is 19.1 Å². The molecule has 3 amide bonds. The second-order valence-electron chi connectivity index (χ2n) is 8.55. The first kappa shape index (κ1) is 26.1. The molecule has 2 aromatic carbocycles. The zero-order valence-corrected chi connectivity index (χ0v) is 20.7. The maximum absolute atomic E-state index is 12.5. The summed E-state index contributed by atoms with van der Waals surface area (Å²) in [5, 5.41) is 20.9. The van der Waals surface area contributed by atoms with Crippen molar-refractivity contribution in [1.29, 1.82) is 0 Å². The number of amides is 3. The average Bonchev–Trinajstić information content (AvgIpc) is 3.31. The van der Waals surface area contributed by atoms with Gasteiger partial charge in [0, 0.05) is 47.1 Å². The monoisotopic (exact) mass is 518 g/mol. The number of anilines is 3. The molecule has 9 nitrogen and oxygen atoms in total. The zero-order valence-electron chi connectivity index (χ0n) is 19.2. The highest BCUT2D eigenvalue weighted by molar-refractivity contribution is 6.36. The van der Waals surface area contributed by atoms with Gasteiger partial charge in [0.1, 0.15) is 11.6 Å². The second kappa shape index (κ2) is 10.4. The number of fused-ring (bicyclic) bond motifs is 1. The van der Waals surface area contributed by atoms with E-state index >= 15 is 0 Å². The number of carbonyl (C=O) groups is 4. The van der Waals surface area contributed by atoms with Crippen LogP contribution in [0.2, 0.25) is 10.0 Å². The number of halogens is 2. The summed E-state index contributed by atoms with van der Waals surface area (Å²) in [5.74, 6) is -1.52. The van der Waals surface area contributed by atoms with Crippen LogP contribution < -0.4 is 21.3 Å². The first-order valence-corrected chi connectivity index (χ1v) is 11.3. The largest absolute Gasteiger partial charge is 0.480 e. The summed E-state index contributed by atoms with van der Waals surface area (Å²) in [7, 11) is 0. The maximum atomic E-state index is 12.5. The molecule has 184 valence electrons. The predicted octanol–water partition coefficient (Wildman–Crippen LogP) is 4.14. The van der Waals surface area contributed by atoms with Crippen LogP contribution in [-0.2, 0) is 19.2 Å². The van der Waals surface area contributed by atoms with Crippen molar-refractivity contribution in [3.05, 3.63) is 58.1 Å². The van der Waals surface area contributed by atoms with Gasteiger partial charge in [0.15, 0.2) is 0 Å². The molecule has 1 unspecified atom stereocenters. The summed E-state index contributed by atoms with van der Waals surface area (Å²) >= 11 is 12.3. The molecule has 1 fully saturated rings. The van der Waals surface area contributed by atoms with Gasteiger partial charge in [-0.25, -0.2) is 4.79 Å². The average molecular weight is 519 g/mol. The molecule has 2 aliphatic rings. The number of carbonyl (C=O) groups excluding carboxylic acids is 3. The van der Waals surface area contributed by atoms with Crippen LogP contribution in [0.1, 0.15) is 32.8 Å². The molecule has 1 atom stereocenters. The van der Waals surface area contributed by atoms with Gasteiger partial charge in [0.05, 0.1) is 5.02 Å². The topological polar surface area (TPSA) is 147 Å². The Balaban J connectivity index is 0.000000497. The summed E-state index contributed by atoms with van der Waals surface area (Å²) in [4.78, 5) is 45.2. The van der Waals surface area contributed by atoms with E-state index in [0.717, 1.165) is 0 Å². The van der Waals surface area contributed by atoms with E-state index in [0.29, 0.717) is 38.2 Å². The zero-order chi connectivity index (χ0) is 25.9. The molecule has 0 aromatic heterocycles. The Bertz CT molecular complexity index is 1230. The Morgan fingerprint density at radius 3 is 2.11 bits per heavy atom. The molecule has 2 heterocycles. The fourth-order valence-corrected chi connectivity index (χ4v) is 3.90. The van der Waals surface area contributed by atoms with Crippen molar-refractivity contribution in [2.75, 3.05) is 16.0 Å². The highest BCUT2D eigenvalue weighted by Crippen LogP contribution is 2.40. The molecule has 0 radical (unpaired) electrons. The fourth-order valence-electron chi connectivity index (χ4n) is 3.28. The summed E-state index contributed by atoms with van der Waals surface area (Å²) in [6.07, 6.45) is 1.41. The van der Waals surface area contributed by atoms with E-state index in [1.54, 1.807) is 30.3 Å². The molecule has 0 spiro atoms. The molecule has 35 heavy (non-hydrogen) atoms. The van der Waals surface area contributed by atoms with Gasteiger partial charge in [0.2, 0.25) is 17.7 Å². The Labute approximate surface area is 211 Å². The predicted molar refractivity (Wildman–Crippen MR) is 136 cm³/mol. The van der Waals surface area contributed by atoms with Crippen LogP contribution in [0, 0.1) is 0 Å². The van der Waals surface area contributed by atoms with Gasteiger partial charge in [-0.2, -0.15) is 0 Å². The van der Waals surface area contributed by atoms with Gasteiger partial charge in [-0.3, -0.25) is 14.4 Å². The van der Waals surface area contributed by atoms with Crippen molar-refractivity contribution in [3.8, 4) is 0 Å². The Morgan fingerprint density at radius 2 is 1.63 bits per heavy atom. The molecule has 2 aliphatic heterocycles. The van der Waals surface area contributed by atoms with Crippen LogP contribution in [0.25, 0.3) is 5.57 Å². The third-order valence-electron chi connectivity index (χ3n) is 5.14. The summed E-state index contributed by atoms with van der Waals surface area (Å²) in [5.41, 5.74) is 2.44. The number of rotatable bonds is 4. The maximum Gasteiger partial charge on any atom is 0.326 e. The van der Waals surface area contributed by atoms with Gasteiger partial charge in [-0.1, -0.05) is 23.2 Å². The highest BCUT2D eigenvalue weighted by atomic mass is 35.5. The van der Waals surface area contributed by atoms with Crippen molar-refractivity contribution in [1.82, 2.24) is 5.32 Å².